The quantitative estimate of drug-likeness (QED) is 0.504. The van der Waals surface area contributed by atoms with Crippen LogP contribution in [0.25, 0.3) is 0 Å². The largest absolute Gasteiger partial charge is 1.00 e. The maximum absolute atomic E-state index is 10.6. The van der Waals surface area contributed by atoms with Gasteiger partial charge in [-0.05, 0) is 6.07 Å². The van der Waals surface area contributed by atoms with Gasteiger partial charge in [0.15, 0.2) is 0 Å². The third kappa shape index (κ3) is 4.20. The monoisotopic (exact) mass is 278 g/mol. The Morgan fingerprint density at radius 1 is 1.00 bits per heavy atom. The van der Waals surface area contributed by atoms with Gasteiger partial charge in [0.05, 0.1) is 22.0 Å². The Bertz CT molecular complexity index is 423. The second-order valence-corrected chi connectivity index (χ2v) is 3.14. The molecule has 0 aliphatic heterocycles. The number of hydrogen-bond acceptors (Lipinski definition) is 4. The number of carboxylic acids is 2. The Morgan fingerprint density at radius 3 is 1.88 bits per heavy atom. The average Bonchev–Trinajstić information content (AvgIpc) is 2.08. The summed E-state index contributed by atoms with van der Waals surface area (Å²) < 4.78 is 0. The Kier molecular flexibility index (Phi) is 9.48. The molecule has 16 heavy (non-hydrogen) atoms. The summed E-state index contributed by atoms with van der Waals surface area (Å²) in [5, 5.41) is 20.6. The van der Waals surface area contributed by atoms with Crippen molar-refractivity contribution in [1.82, 2.24) is 0 Å². The fraction of sp³-hybridized carbons (Fsp3) is 0. The molecule has 0 N–H and O–H groups in total. The minimum Gasteiger partial charge on any atom is -0.545 e. The average molecular weight is 279 g/mol. The van der Waals surface area contributed by atoms with Crippen LogP contribution < -0.4 is 69.3 Å². The van der Waals surface area contributed by atoms with Gasteiger partial charge in [0.1, 0.15) is 0 Å². The van der Waals surface area contributed by atoms with E-state index in [4.69, 9.17) is 23.2 Å². The van der Waals surface area contributed by atoms with Gasteiger partial charge in [-0.25, -0.2) is 0 Å². The van der Waals surface area contributed by atoms with Crippen LogP contribution in [-0.2, 0) is 0 Å². The van der Waals surface area contributed by atoms with Crippen LogP contribution in [0.15, 0.2) is 12.1 Å². The summed E-state index contributed by atoms with van der Waals surface area (Å²) in [7, 11) is 0. The van der Waals surface area contributed by atoms with Crippen LogP contribution >= 0.6 is 23.2 Å². The predicted molar refractivity (Wildman–Crippen MR) is 45.1 cm³/mol. The maximum atomic E-state index is 10.6. The third-order valence-electron chi connectivity index (χ3n) is 1.52. The molecule has 1 aromatic rings. The molecule has 0 aliphatic rings. The number of aromatic carboxylic acids is 2. The molecule has 1 aromatic carbocycles. The van der Waals surface area contributed by atoms with E-state index in [9.17, 15) is 19.8 Å². The molecule has 0 fully saturated rings. The van der Waals surface area contributed by atoms with Gasteiger partial charge in [0.25, 0.3) is 0 Å². The first kappa shape index (κ1) is 19.1. The molecule has 0 aliphatic carbocycles. The summed E-state index contributed by atoms with van der Waals surface area (Å²) in [6.07, 6.45) is 0. The van der Waals surface area contributed by atoms with E-state index in [1.54, 1.807) is 0 Å². The maximum Gasteiger partial charge on any atom is 1.00 e. The Morgan fingerprint density at radius 2 is 1.50 bits per heavy atom. The van der Waals surface area contributed by atoms with Gasteiger partial charge in [0.2, 0.25) is 0 Å². The van der Waals surface area contributed by atoms with E-state index >= 15 is 0 Å². The zero-order chi connectivity index (χ0) is 10.9. The fourth-order valence-electron chi connectivity index (χ4n) is 0.920. The Hall–Kier alpha value is 0.740. The van der Waals surface area contributed by atoms with E-state index in [1.807, 2.05) is 0 Å². The molecule has 0 bridgehead atoms. The third-order valence-corrected chi connectivity index (χ3v) is 2.32. The Balaban J connectivity index is 0. The van der Waals surface area contributed by atoms with E-state index in [-0.39, 0.29) is 69.2 Å². The first-order chi connectivity index (χ1) is 6.45. The number of carbonyl (C=O) groups excluding carboxylic acids is 2. The van der Waals surface area contributed by atoms with E-state index in [0.717, 1.165) is 6.07 Å². The molecule has 0 amide bonds. The molecule has 0 unspecified atom stereocenters. The molecule has 0 spiro atoms. The molecular formula is C8H2Cl2Na2O4. The van der Waals surface area contributed by atoms with Crippen LogP contribution in [0.2, 0.25) is 10.0 Å². The van der Waals surface area contributed by atoms with Gasteiger partial charge >= 0.3 is 59.1 Å². The van der Waals surface area contributed by atoms with Crippen LogP contribution in [0, 0.1) is 0 Å². The summed E-state index contributed by atoms with van der Waals surface area (Å²) in [6, 6.07) is 2.16. The van der Waals surface area contributed by atoms with Crippen molar-refractivity contribution >= 4 is 35.1 Å². The van der Waals surface area contributed by atoms with Crippen LogP contribution in [0.5, 0.6) is 0 Å². The molecular weight excluding hydrogens is 277 g/mol. The van der Waals surface area contributed by atoms with Crippen molar-refractivity contribution < 1.29 is 78.9 Å². The molecule has 4 nitrogen and oxygen atoms in total. The molecule has 0 heterocycles. The summed E-state index contributed by atoms with van der Waals surface area (Å²) in [4.78, 5) is 21.0. The van der Waals surface area contributed by atoms with Crippen molar-refractivity contribution in [3.8, 4) is 0 Å². The molecule has 0 radical (unpaired) electrons. The number of halogens is 2. The fourth-order valence-corrected chi connectivity index (χ4v) is 1.32. The second kappa shape index (κ2) is 7.95. The van der Waals surface area contributed by atoms with Crippen LogP contribution in [0.3, 0.4) is 0 Å². The summed E-state index contributed by atoms with van der Waals surface area (Å²) in [5.74, 6) is -3.36. The summed E-state index contributed by atoms with van der Waals surface area (Å²) in [6.45, 7) is 0. The molecule has 0 aromatic heterocycles. The zero-order valence-electron chi connectivity index (χ0n) is 8.54. The molecule has 0 atom stereocenters. The molecule has 74 valence electrons. The molecule has 8 heteroatoms. The van der Waals surface area contributed by atoms with Gasteiger partial charge in [-0.15, -0.1) is 0 Å². The topological polar surface area (TPSA) is 80.3 Å². The minimum absolute atomic E-state index is 0. The van der Waals surface area contributed by atoms with Crippen molar-refractivity contribution in [1.29, 1.82) is 0 Å². The van der Waals surface area contributed by atoms with E-state index < -0.39 is 23.1 Å². The zero-order valence-corrected chi connectivity index (χ0v) is 14.1. The molecule has 0 saturated heterocycles. The van der Waals surface area contributed by atoms with Gasteiger partial charge in [-0.1, -0.05) is 29.3 Å². The minimum atomic E-state index is -1.71. The first-order valence-corrected chi connectivity index (χ1v) is 4.11. The number of hydrogen-bond donors (Lipinski definition) is 0. The SMILES string of the molecule is O=C([O-])c1ccc(Cl)c(Cl)c1C(=O)[O-].[Na+].[Na+]. The van der Waals surface area contributed by atoms with Gasteiger partial charge in [-0.2, -0.15) is 0 Å². The van der Waals surface area contributed by atoms with Crippen molar-refractivity contribution in [3.05, 3.63) is 33.3 Å². The van der Waals surface area contributed by atoms with E-state index in [1.165, 1.54) is 6.07 Å². The summed E-state index contributed by atoms with van der Waals surface area (Å²) in [5.41, 5.74) is -1.22. The predicted octanol–water partition coefficient (Wildman–Crippen LogP) is -6.27. The van der Waals surface area contributed by atoms with Gasteiger partial charge in [-0.3, -0.25) is 0 Å². The van der Waals surface area contributed by atoms with Crippen LogP contribution in [0.4, 0.5) is 0 Å². The summed E-state index contributed by atoms with van der Waals surface area (Å²) >= 11 is 11.0. The van der Waals surface area contributed by atoms with Crippen molar-refractivity contribution in [3.63, 3.8) is 0 Å². The molecule has 0 saturated carbocycles. The van der Waals surface area contributed by atoms with Crippen molar-refractivity contribution in [2.24, 2.45) is 0 Å². The van der Waals surface area contributed by atoms with E-state index in [0.29, 0.717) is 0 Å². The van der Waals surface area contributed by atoms with Crippen LogP contribution in [-0.4, -0.2) is 11.9 Å². The standard InChI is InChI=1S/C8H4Cl2O4.2Na/c9-4-2-1-3(7(11)12)5(6(4)10)8(13)14;;/h1-2H,(H,11,12)(H,13,14);;/q;2*+1/p-2. The number of carbonyl (C=O) groups is 2. The van der Waals surface area contributed by atoms with Gasteiger partial charge in [0, 0.05) is 11.1 Å². The number of benzene rings is 1. The Labute approximate surface area is 146 Å². The van der Waals surface area contributed by atoms with Gasteiger partial charge < -0.3 is 19.8 Å². The number of carboxylic acid groups (broad SMARTS) is 2. The number of rotatable bonds is 2. The van der Waals surface area contributed by atoms with E-state index in [2.05, 4.69) is 0 Å². The second-order valence-electron chi connectivity index (χ2n) is 2.36. The first-order valence-electron chi connectivity index (χ1n) is 3.36. The smallest absolute Gasteiger partial charge is 0.545 e. The normalized spacial score (nSPS) is 8.62. The van der Waals surface area contributed by atoms with Crippen molar-refractivity contribution in [2.75, 3.05) is 0 Å². The van der Waals surface area contributed by atoms with Crippen LogP contribution in [0.1, 0.15) is 20.7 Å². The van der Waals surface area contributed by atoms with Crippen molar-refractivity contribution in [2.45, 2.75) is 0 Å². The molecule has 1 rings (SSSR count).